The zero-order valence-corrected chi connectivity index (χ0v) is 36.3. The summed E-state index contributed by atoms with van der Waals surface area (Å²) in [4.78, 5) is 0. The maximum Gasteiger partial charge on any atom is 0.188 e. The van der Waals surface area contributed by atoms with Gasteiger partial charge in [-0.05, 0) is 135 Å². The first-order valence-corrected chi connectivity index (χ1v) is 22.2. The van der Waals surface area contributed by atoms with Gasteiger partial charge in [0.1, 0.15) is 5.75 Å². The summed E-state index contributed by atoms with van der Waals surface area (Å²) >= 11 is 0. The molecule has 0 N–H and O–H groups in total. The highest BCUT2D eigenvalue weighted by Gasteiger charge is 2.34. The SMILES string of the molecule is COCOc1cc(-c2c(C(C)C)cc(C(C)C)cc2C(C)C)cc(-c2c(C(C)C)cc(C(C)C)cc2C(C)C)c1P(c1ccccc1)C1CCCCC1. The molecule has 0 bridgehead atoms. The summed E-state index contributed by atoms with van der Waals surface area (Å²) < 4.78 is 12.7. The molecular weight excluding hydrogens is 664 g/mol. The van der Waals surface area contributed by atoms with Gasteiger partial charge >= 0.3 is 0 Å². The fourth-order valence-electron chi connectivity index (χ4n) is 8.43. The fraction of sp³-hybridized carbons (Fsp3) is 0.520. The molecule has 0 amide bonds. The Labute approximate surface area is 325 Å². The number of rotatable bonds is 14. The maximum absolute atomic E-state index is 6.92. The molecule has 286 valence electrons. The van der Waals surface area contributed by atoms with Gasteiger partial charge in [-0.25, -0.2) is 0 Å². The Bertz CT molecular complexity index is 1750. The molecule has 4 aromatic rings. The van der Waals surface area contributed by atoms with E-state index in [1.54, 1.807) is 7.11 Å². The van der Waals surface area contributed by atoms with Crippen molar-refractivity contribution in [2.45, 2.75) is 156 Å². The van der Waals surface area contributed by atoms with Crippen LogP contribution in [0, 0.1) is 0 Å². The van der Waals surface area contributed by atoms with Crippen LogP contribution < -0.4 is 15.3 Å². The van der Waals surface area contributed by atoms with Crippen molar-refractivity contribution in [2.75, 3.05) is 13.9 Å². The first-order valence-electron chi connectivity index (χ1n) is 20.7. The monoisotopic (exact) mass is 733 g/mol. The van der Waals surface area contributed by atoms with Crippen LogP contribution in [0.4, 0.5) is 0 Å². The topological polar surface area (TPSA) is 18.5 Å². The van der Waals surface area contributed by atoms with Crippen LogP contribution in [0.3, 0.4) is 0 Å². The highest BCUT2D eigenvalue weighted by molar-refractivity contribution is 7.74. The molecule has 0 spiro atoms. The Morgan fingerprint density at radius 1 is 0.566 bits per heavy atom. The Balaban J connectivity index is 2.03. The van der Waals surface area contributed by atoms with E-state index in [0.29, 0.717) is 41.2 Å². The van der Waals surface area contributed by atoms with Gasteiger partial charge in [0.05, 0.1) is 0 Å². The fourth-order valence-corrected chi connectivity index (χ4v) is 11.7. The van der Waals surface area contributed by atoms with Gasteiger partial charge in [-0.1, -0.05) is 157 Å². The van der Waals surface area contributed by atoms with E-state index < -0.39 is 7.92 Å². The van der Waals surface area contributed by atoms with E-state index in [1.807, 2.05) is 0 Å². The molecule has 0 radical (unpaired) electrons. The lowest BCUT2D eigenvalue weighted by Crippen LogP contribution is -2.27. The molecule has 0 aliphatic heterocycles. The Morgan fingerprint density at radius 3 is 1.47 bits per heavy atom. The summed E-state index contributed by atoms with van der Waals surface area (Å²) in [5, 5.41) is 2.85. The summed E-state index contributed by atoms with van der Waals surface area (Å²) in [5.74, 6) is 3.38. The summed E-state index contributed by atoms with van der Waals surface area (Å²) in [6.45, 7) is 28.5. The normalized spacial score (nSPS) is 14.8. The molecule has 1 aliphatic rings. The lowest BCUT2D eigenvalue weighted by molar-refractivity contribution is 0.0519. The second kappa shape index (κ2) is 18.1. The predicted molar refractivity (Wildman–Crippen MR) is 234 cm³/mol. The predicted octanol–water partition coefficient (Wildman–Crippen LogP) is 14.5. The molecular formula is C50H69O2P. The van der Waals surface area contributed by atoms with E-state index in [9.17, 15) is 0 Å². The number of methoxy groups -OCH3 is 1. The van der Waals surface area contributed by atoms with E-state index in [2.05, 4.69) is 150 Å². The zero-order valence-electron chi connectivity index (χ0n) is 35.4. The van der Waals surface area contributed by atoms with Gasteiger partial charge in [0.2, 0.25) is 0 Å². The Morgan fingerprint density at radius 2 is 1.04 bits per heavy atom. The van der Waals surface area contributed by atoms with Crippen molar-refractivity contribution in [3.63, 3.8) is 0 Å². The molecule has 0 aromatic heterocycles. The van der Waals surface area contributed by atoms with Crippen LogP contribution in [0.1, 0.15) is 184 Å². The van der Waals surface area contributed by atoms with Crippen molar-refractivity contribution in [1.82, 2.24) is 0 Å². The van der Waals surface area contributed by atoms with Crippen molar-refractivity contribution >= 4 is 18.5 Å². The lowest BCUT2D eigenvalue weighted by Gasteiger charge is -2.35. The molecule has 3 heteroatoms. The molecule has 1 atom stereocenters. The molecule has 1 unspecified atom stereocenters. The zero-order chi connectivity index (χ0) is 38.6. The van der Waals surface area contributed by atoms with Gasteiger partial charge in [0.25, 0.3) is 0 Å². The second-order valence-corrected chi connectivity index (χ2v) is 19.9. The number of benzene rings is 4. The molecule has 4 aromatic carbocycles. The van der Waals surface area contributed by atoms with Crippen LogP contribution in [0.5, 0.6) is 5.75 Å². The molecule has 53 heavy (non-hydrogen) atoms. The van der Waals surface area contributed by atoms with Gasteiger partial charge in [-0.2, -0.15) is 0 Å². The third-order valence-corrected chi connectivity index (χ3v) is 14.5. The van der Waals surface area contributed by atoms with Crippen molar-refractivity contribution in [1.29, 1.82) is 0 Å². The van der Waals surface area contributed by atoms with Crippen LogP contribution in [0.15, 0.2) is 66.7 Å². The van der Waals surface area contributed by atoms with Crippen molar-refractivity contribution in [3.8, 4) is 28.0 Å². The molecule has 0 heterocycles. The Hall–Kier alpha value is -2.93. The third kappa shape index (κ3) is 9.14. The average Bonchev–Trinajstić information content (AvgIpc) is 3.13. The van der Waals surface area contributed by atoms with Crippen LogP contribution in [0.2, 0.25) is 0 Å². The van der Waals surface area contributed by atoms with Crippen LogP contribution in [-0.4, -0.2) is 19.6 Å². The van der Waals surface area contributed by atoms with Crippen molar-refractivity contribution in [2.24, 2.45) is 0 Å². The number of hydrogen-bond acceptors (Lipinski definition) is 2. The largest absolute Gasteiger partial charge is 0.467 e. The van der Waals surface area contributed by atoms with Crippen molar-refractivity contribution < 1.29 is 9.47 Å². The Kier molecular flexibility index (Phi) is 14.1. The van der Waals surface area contributed by atoms with Gasteiger partial charge in [-0.15, -0.1) is 0 Å². The minimum Gasteiger partial charge on any atom is -0.467 e. The number of ether oxygens (including phenoxy) is 2. The van der Waals surface area contributed by atoms with Crippen LogP contribution >= 0.6 is 7.92 Å². The minimum atomic E-state index is -0.750. The maximum atomic E-state index is 6.92. The standard InChI is InChI=1S/C50H69O2P/c1-31(2)37-24-42(33(5)6)48(43(25-37)34(7)8)39-28-46(49-44(35(9)10)26-38(32(3)4)27-45(49)36(11)12)50(47(29-39)52-30-51-13)53(40-20-16-14-17-21-40)41-22-18-15-19-23-41/h14,16-17,20-21,24-29,31-36,41H,15,18-19,22-23,30H2,1-13H3. The van der Waals surface area contributed by atoms with E-state index in [4.69, 9.17) is 9.47 Å². The van der Waals surface area contributed by atoms with E-state index >= 15 is 0 Å². The summed E-state index contributed by atoms with van der Waals surface area (Å²) in [7, 11) is 1.00. The summed E-state index contributed by atoms with van der Waals surface area (Å²) in [6, 6.07) is 26.5. The highest BCUT2D eigenvalue weighted by Crippen LogP contribution is 2.53. The van der Waals surface area contributed by atoms with E-state index in [-0.39, 0.29) is 6.79 Å². The highest BCUT2D eigenvalue weighted by atomic mass is 31.1. The van der Waals surface area contributed by atoms with Crippen LogP contribution in [0.25, 0.3) is 22.3 Å². The van der Waals surface area contributed by atoms with Gasteiger partial charge < -0.3 is 9.47 Å². The first kappa shape index (κ1) is 41.2. The summed E-state index contributed by atoms with van der Waals surface area (Å²) in [6.07, 6.45) is 6.46. The van der Waals surface area contributed by atoms with E-state index in [0.717, 1.165) is 5.75 Å². The molecule has 2 nitrogen and oxygen atoms in total. The number of hydrogen-bond donors (Lipinski definition) is 0. The van der Waals surface area contributed by atoms with Gasteiger partial charge in [0.15, 0.2) is 6.79 Å². The summed E-state index contributed by atoms with van der Waals surface area (Å²) in [5.41, 5.74) is 14.6. The van der Waals surface area contributed by atoms with Crippen LogP contribution in [-0.2, 0) is 4.74 Å². The first-order chi connectivity index (χ1) is 25.2. The molecule has 5 rings (SSSR count). The van der Waals surface area contributed by atoms with E-state index in [1.165, 1.54) is 98.3 Å². The molecule has 1 saturated carbocycles. The second-order valence-electron chi connectivity index (χ2n) is 17.5. The minimum absolute atomic E-state index is 0.221. The quantitative estimate of drug-likeness (QED) is 0.0949. The smallest absolute Gasteiger partial charge is 0.188 e. The van der Waals surface area contributed by atoms with Crippen molar-refractivity contribution in [3.05, 3.63) is 100 Å². The van der Waals surface area contributed by atoms with Gasteiger partial charge in [0, 0.05) is 12.4 Å². The average molecular weight is 733 g/mol. The molecule has 0 saturated heterocycles. The molecule has 1 fully saturated rings. The van der Waals surface area contributed by atoms with Gasteiger partial charge in [-0.3, -0.25) is 0 Å². The lowest BCUT2D eigenvalue weighted by atomic mass is 9.79. The third-order valence-electron chi connectivity index (χ3n) is 11.4. The molecule has 1 aliphatic carbocycles.